The van der Waals surface area contributed by atoms with Crippen molar-refractivity contribution in [1.82, 2.24) is 24.7 Å². The summed E-state index contributed by atoms with van der Waals surface area (Å²) in [4.78, 5) is 104. The highest BCUT2D eigenvalue weighted by molar-refractivity contribution is 8.76. The normalized spacial score (nSPS) is 16.2. The van der Waals surface area contributed by atoms with Crippen LogP contribution in [0.1, 0.15) is 139 Å². The maximum Gasteiger partial charge on any atom is 0.409 e. The lowest BCUT2D eigenvalue weighted by molar-refractivity contribution is -0.385. The lowest BCUT2D eigenvalue weighted by atomic mass is 9.82. The van der Waals surface area contributed by atoms with E-state index in [9.17, 15) is 38.9 Å². The van der Waals surface area contributed by atoms with Crippen molar-refractivity contribution in [3.05, 3.63) is 116 Å². The third kappa shape index (κ3) is 20.7. The molecular formula is C62H88N6O11S3. The molecule has 1 saturated heterocycles. The predicted octanol–water partition coefficient (Wildman–Crippen LogP) is 12.5. The highest BCUT2D eigenvalue weighted by Gasteiger charge is 2.43. The molecule has 0 spiro atoms. The number of pyridine rings is 1. The van der Waals surface area contributed by atoms with Gasteiger partial charge in [-0.1, -0.05) is 133 Å². The van der Waals surface area contributed by atoms with Crippen molar-refractivity contribution in [2.75, 3.05) is 47.8 Å². The predicted molar refractivity (Wildman–Crippen MR) is 326 cm³/mol. The number of nitrogens with zero attached hydrogens (tertiary/aromatic N) is 6. The number of ether oxygens (including phenoxy) is 3. The number of aromatic nitrogens is 2. The topological polar surface area (TPSA) is 209 Å². The average Bonchev–Trinajstić information content (AvgIpc) is 4.29. The van der Waals surface area contributed by atoms with Gasteiger partial charge in [-0.25, -0.2) is 14.8 Å². The molecule has 9 atom stereocenters. The van der Waals surface area contributed by atoms with E-state index in [-0.39, 0.29) is 89.7 Å². The van der Waals surface area contributed by atoms with Crippen LogP contribution in [0.2, 0.25) is 0 Å². The summed E-state index contributed by atoms with van der Waals surface area (Å²) in [6.45, 7) is 16.6. The monoisotopic (exact) mass is 1190 g/mol. The minimum absolute atomic E-state index is 0.00876. The molecule has 2 aromatic heterocycles. The Balaban J connectivity index is 0.000000681. The molecule has 0 N–H and O–H groups in total. The maximum atomic E-state index is 14.5. The average molecular weight is 1190 g/mol. The Morgan fingerprint density at radius 3 is 2.04 bits per heavy atom. The molecule has 20 heteroatoms. The summed E-state index contributed by atoms with van der Waals surface area (Å²) in [5, 5.41) is 13.7. The van der Waals surface area contributed by atoms with E-state index in [1.165, 1.54) is 62.8 Å². The maximum absolute atomic E-state index is 14.5. The van der Waals surface area contributed by atoms with E-state index in [4.69, 9.17) is 14.5 Å². The van der Waals surface area contributed by atoms with Gasteiger partial charge in [0.05, 0.1) is 53.6 Å². The van der Waals surface area contributed by atoms with Crippen LogP contribution in [-0.2, 0) is 46.2 Å². The largest absolute Gasteiger partial charge is 0.453 e. The van der Waals surface area contributed by atoms with Gasteiger partial charge in [-0.05, 0) is 77.8 Å². The molecule has 2 aromatic carbocycles. The number of likely N-dealkylation sites (tertiary alicyclic amines) is 1. The van der Waals surface area contributed by atoms with Crippen molar-refractivity contribution >= 4 is 73.9 Å². The lowest BCUT2D eigenvalue weighted by Crippen LogP contribution is -2.54. The fourth-order valence-electron chi connectivity index (χ4n) is 10.3. The van der Waals surface area contributed by atoms with E-state index in [0.717, 1.165) is 36.3 Å². The summed E-state index contributed by atoms with van der Waals surface area (Å²) < 4.78 is 16.8. The number of Topliss-reactive ketones (excluding diaryl/α,β-unsaturated/α-hetero) is 3. The summed E-state index contributed by atoms with van der Waals surface area (Å²) in [5.41, 5.74) is 2.69. The molecule has 0 aliphatic carbocycles. The molecule has 17 nitrogen and oxygen atoms in total. The summed E-state index contributed by atoms with van der Waals surface area (Å²) in [5.74, 6) is -0.884. The van der Waals surface area contributed by atoms with Crippen molar-refractivity contribution in [3.8, 4) is 0 Å². The van der Waals surface area contributed by atoms with Crippen molar-refractivity contribution in [2.24, 2.45) is 35.5 Å². The van der Waals surface area contributed by atoms with Crippen molar-refractivity contribution in [2.45, 2.75) is 155 Å². The Morgan fingerprint density at radius 2 is 1.48 bits per heavy atom. The molecule has 1 aliphatic rings. The van der Waals surface area contributed by atoms with Crippen molar-refractivity contribution in [1.29, 1.82) is 0 Å². The summed E-state index contributed by atoms with van der Waals surface area (Å²) in [6, 6.07) is 22.4. The Labute approximate surface area is 498 Å². The molecule has 0 bridgehead atoms. The first-order valence-corrected chi connectivity index (χ1v) is 31.7. The van der Waals surface area contributed by atoms with Gasteiger partial charge in [-0.3, -0.25) is 34.1 Å². The molecule has 3 heterocycles. The third-order valence-corrected chi connectivity index (χ3v) is 19.1. The molecule has 3 amide bonds. The third-order valence-electron chi connectivity index (χ3n) is 15.9. The first-order valence-electron chi connectivity index (χ1n) is 28.5. The van der Waals surface area contributed by atoms with Crippen LogP contribution in [0, 0.1) is 45.6 Å². The molecule has 82 heavy (non-hydrogen) atoms. The van der Waals surface area contributed by atoms with Gasteiger partial charge in [-0.15, -0.1) is 11.3 Å². The van der Waals surface area contributed by atoms with E-state index < -0.39 is 41.1 Å². The van der Waals surface area contributed by atoms with E-state index in [0.29, 0.717) is 42.4 Å². The Morgan fingerprint density at radius 1 is 0.829 bits per heavy atom. The quantitative estimate of drug-likeness (QED) is 0.0146. The van der Waals surface area contributed by atoms with Crippen molar-refractivity contribution in [3.63, 3.8) is 0 Å². The first-order chi connectivity index (χ1) is 39.1. The van der Waals surface area contributed by atoms with Crippen LogP contribution in [0.15, 0.2) is 89.4 Å². The van der Waals surface area contributed by atoms with Gasteiger partial charge in [0, 0.05) is 89.2 Å². The second-order valence-corrected chi connectivity index (χ2v) is 25.3. The molecule has 0 radical (unpaired) electrons. The first kappa shape index (κ1) is 69.0. The van der Waals surface area contributed by atoms with Gasteiger partial charge in [0.15, 0.2) is 5.78 Å². The summed E-state index contributed by atoms with van der Waals surface area (Å²) >= 11 is 1.44. The molecular weight excluding hydrogens is 1100 g/mol. The molecule has 1 aliphatic heterocycles. The van der Waals surface area contributed by atoms with E-state index in [1.54, 1.807) is 39.3 Å². The second kappa shape index (κ2) is 34.9. The molecule has 1 unspecified atom stereocenters. The van der Waals surface area contributed by atoms with Gasteiger partial charge in [0.1, 0.15) is 28.5 Å². The molecule has 5 rings (SSSR count). The number of benzene rings is 2. The number of hydrogen-bond donors (Lipinski definition) is 0. The fourth-order valence-corrected chi connectivity index (χ4v) is 13.2. The van der Waals surface area contributed by atoms with Crippen LogP contribution >= 0.6 is 32.9 Å². The molecule has 0 saturated carbocycles. The second-order valence-electron chi connectivity index (χ2n) is 22.1. The number of likely N-dealkylation sites (N-methyl/N-ethyl adjacent to an activating group) is 1. The highest BCUT2D eigenvalue weighted by Crippen LogP contribution is 2.35. The number of rotatable bonds is 32. The van der Waals surface area contributed by atoms with Gasteiger partial charge in [0.25, 0.3) is 5.69 Å². The van der Waals surface area contributed by atoms with Crippen LogP contribution in [-0.4, -0.2) is 137 Å². The van der Waals surface area contributed by atoms with Crippen molar-refractivity contribution < 1.29 is 47.9 Å². The minimum atomic E-state index is -0.589. The number of aryl methyl sites for hydroxylation is 1. The number of ketones is 3. The van der Waals surface area contributed by atoms with E-state index in [2.05, 4.69) is 47.8 Å². The molecule has 4 aromatic rings. The van der Waals surface area contributed by atoms with Crippen LogP contribution in [0.25, 0.3) is 0 Å². The number of carbonyl (C=O) groups is 6. The smallest absolute Gasteiger partial charge is 0.409 e. The fraction of sp³-hybridized carbons (Fsp3) is 0.581. The summed E-state index contributed by atoms with van der Waals surface area (Å²) in [7, 11) is 10.6. The van der Waals surface area contributed by atoms with Gasteiger partial charge >= 0.3 is 6.09 Å². The Hall–Kier alpha value is -5.54. The number of hydrogen-bond acceptors (Lipinski definition) is 16. The van der Waals surface area contributed by atoms with E-state index in [1.807, 2.05) is 88.2 Å². The van der Waals surface area contributed by atoms with Crippen LogP contribution in [0.4, 0.5) is 10.5 Å². The Kier molecular flexibility index (Phi) is 29.4. The zero-order valence-corrected chi connectivity index (χ0v) is 52.8. The van der Waals surface area contributed by atoms with Gasteiger partial charge < -0.3 is 28.9 Å². The number of amides is 3. The Bertz CT molecular complexity index is 2640. The van der Waals surface area contributed by atoms with Crippen LogP contribution in [0.3, 0.4) is 0 Å². The number of carbonyl (C=O) groups excluding carboxylic acids is 6. The SMILES string of the molecule is CC[C@H](C)C([C@@H](CC(=O)N1CCC[C@H]1[C@H](OC)[C@@H](C)C(=O)C[C@@H](Cc1ccccc1)c1nc(C(=O)CCCc2ccccc2)cs1)OC)N(C)C(=O)[C@@H](CC(=O)[C@@H](C)C(C)C)C(C)C.COC(=O)N(C)CSSc1ccc([N+](=O)[O-])cn1. The van der Waals surface area contributed by atoms with Gasteiger partial charge in [0.2, 0.25) is 11.8 Å². The number of thiazole rings is 1. The van der Waals surface area contributed by atoms with Crippen LogP contribution in [0.5, 0.6) is 0 Å². The number of nitro groups is 1. The number of methoxy groups -OCH3 is 3. The summed E-state index contributed by atoms with van der Waals surface area (Å²) in [6.07, 6.45) is 4.91. The lowest BCUT2D eigenvalue weighted by Gasteiger charge is -2.41. The highest BCUT2D eigenvalue weighted by atomic mass is 33.1. The zero-order chi connectivity index (χ0) is 60.6. The molecule has 450 valence electrons. The standard InChI is InChI=1S/C53H77N3O7S.C9H11N3O4S2/c1-12-36(6)50(55(9)53(61)42(35(4)5)31-47(59)37(7)34(2)3)48(62-10)32-49(60)56-28-20-26-44(56)51(63-11)38(8)46(58)30-41(29-40-23-17-14-18-24-40)52-54-43(33-64-52)45(57)27-19-25-39-21-15-13-16-22-39;1-11(9(13)16-2)6-17-18-8-4-3-7(5-10-8)12(14)15/h13-18,21-24,33-38,41-42,44,48,50-51H,12,19-20,25-32H2,1-11H3;3-5H,6H2,1-2H3/t36-,37-,38-,41+,42-,44-,48+,50?,51+;/m0./s1. The van der Waals surface area contributed by atoms with Gasteiger partial charge in [-0.2, -0.15) is 0 Å². The zero-order valence-electron chi connectivity index (χ0n) is 50.3. The van der Waals surface area contributed by atoms with E-state index >= 15 is 0 Å². The van der Waals surface area contributed by atoms with Crippen LogP contribution < -0.4 is 0 Å². The molecule has 1 fully saturated rings. The minimum Gasteiger partial charge on any atom is -0.453 e.